The summed E-state index contributed by atoms with van der Waals surface area (Å²) in [7, 11) is -3.37. The lowest BCUT2D eigenvalue weighted by molar-refractivity contribution is 0.574. The molecule has 2 aromatic rings. The van der Waals surface area contributed by atoms with Crippen LogP contribution in [0.4, 0.5) is 0 Å². The molecule has 2 rings (SSSR count). The molecule has 0 amide bonds. The van der Waals surface area contributed by atoms with Crippen LogP contribution in [0.3, 0.4) is 0 Å². The van der Waals surface area contributed by atoms with Gasteiger partial charge >= 0.3 is 0 Å². The molecule has 0 saturated carbocycles. The van der Waals surface area contributed by atoms with E-state index in [2.05, 4.69) is 10.3 Å². The number of aromatic nitrogens is 3. The van der Waals surface area contributed by atoms with Gasteiger partial charge in [0.15, 0.2) is 0 Å². The Morgan fingerprint density at radius 3 is 2.76 bits per heavy atom. The molecular formula is C11H15N3O2S. The zero-order valence-corrected chi connectivity index (χ0v) is 10.5. The maximum Gasteiger partial charge on any atom is 0.255 e. The van der Waals surface area contributed by atoms with Crippen molar-refractivity contribution in [1.29, 1.82) is 0 Å². The van der Waals surface area contributed by atoms with Crippen molar-refractivity contribution in [2.24, 2.45) is 0 Å². The number of unbranched alkanes of at least 4 members (excludes halogenated alkanes) is 2. The third-order valence-corrected chi connectivity index (χ3v) is 4.19. The van der Waals surface area contributed by atoms with Crippen molar-refractivity contribution in [3.05, 3.63) is 24.3 Å². The fourth-order valence-electron chi connectivity index (χ4n) is 1.67. The van der Waals surface area contributed by atoms with E-state index in [0.717, 1.165) is 16.9 Å². The van der Waals surface area contributed by atoms with Crippen LogP contribution in [0, 0.1) is 0 Å². The maximum absolute atomic E-state index is 12.0. The number of nitrogens with zero attached hydrogens (tertiary/aromatic N) is 3. The van der Waals surface area contributed by atoms with Crippen molar-refractivity contribution in [1.82, 2.24) is 14.4 Å². The van der Waals surface area contributed by atoms with Crippen molar-refractivity contribution < 1.29 is 8.42 Å². The van der Waals surface area contributed by atoms with Gasteiger partial charge in [-0.3, -0.25) is 0 Å². The van der Waals surface area contributed by atoms with E-state index in [0.29, 0.717) is 17.5 Å². The summed E-state index contributed by atoms with van der Waals surface area (Å²) in [4.78, 5) is 0. The molecule has 1 aromatic carbocycles. The Morgan fingerprint density at radius 1 is 1.24 bits per heavy atom. The third kappa shape index (κ3) is 2.46. The van der Waals surface area contributed by atoms with Gasteiger partial charge in [0, 0.05) is 0 Å². The molecule has 5 nitrogen and oxygen atoms in total. The molecule has 0 atom stereocenters. The molecule has 0 unspecified atom stereocenters. The normalized spacial score (nSPS) is 12.1. The number of para-hydroxylation sites is 1. The van der Waals surface area contributed by atoms with Crippen LogP contribution in [0.25, 0.3) is 11.0 Å². The zero-order chi connectivity index (χ0) is 12.3. The maximum atomic E-state index is 12.0. The second-order valence-electron chi connectivity index (χ2n) is 3.94. The number of rotatable bonds is 5. The van der Waals surface area contributed by atoms with Crippen molar-refractivity contribution in [3.8, 4) is 0 Å². The molecular weight excluding hydrogens is 238 g/mol. The Balaban J connectivity index is 2.33. The summed E-state index contributed by atoms with van der Waals surface area (Å²) in [6.07, 6.45) is 2.56. The van der Waals surface area contributed by atoms with E-state index in [-0.39, 0.29) is 5.75 Å². The van der Waals surface area contributed by atoms with Crippen LogP contribution >= 0.6 is 0 Å². The third-order valence-electron chi connectivity index (χ3n) is 2.59. The van der Waals surface area contributed by atoms with Crippen LogP contribution in [0.5, 0.6) is 0 Å². The minimum Gasteiger partial charge on any atom is -0.205 e. The van der Waals surface area contributed by atoms with E-state index in [9.17, 15) is 8.42 Å². The summed E-state index contributed by atoms with van der Waals surface area (Å²) in [5.74, 6) is 0.119. The largest absolute Gasteiger partial charge is 0.255 e. The van der Waals surface area contributed by atoms with E-state index >= 15 is 0 Å². The summed E-state index contributed by atoms with van der Waals surface area (Å²) < 4.78 is 25.1. The van der Waals surface area contributed by atoms with Crippen LogP contribution in [0.15, 0.2) is 24.3 Å². The first-order chi connectivity index (χ1) is 8.15. The van der Waals surface area contributed by atoms with Crippen molar-refractivity contribution in [2.45, 2.75) is 26.2 Å². The van der Waals surface area contributed by atoms with Gasteiger partial charge in [0.25, 0.3) is 10.0 Å². The lowest BCUT2D eigenvalue weighted by atomic mass is 10.3. The fourth-order valence-corrected chi connectivity index (χ4v) is 3.02. The van der Waals surface area contributed by atoms with Crippen molar-refractivity contribution in [3.63, 3.8) is 0 Å². The van der Waals surface area contributed by atoms with Gasteiger partial charge in [0.05, 0.1) is 5.75 Å². The zero-order valence-electron chi connectivity index (χ0n) is 9.70. The van der Waals surface area contributed by atoms with Gasteiger partial charge in [-0.1, -0.05) is 37.1 Å². The van der Waals surface area contributed by atoms with Crippen molar-refractivity contribution >= 4 is 21.1 Å². The molecule has 0 bridgehead atoms. The molecule has 0 aliphatic heterocycles. The molecule has 0 N–H and O–H groups in total. The van der Waals surface area contributed by atoms with Gasteiger partial charge in [0.2, 0.25) is 0 Å². The van der Waals surface area contributed by atoms with Gasteiger partial charge in [-0.25, -0.2) is 8.42 Å². The number of fused-ring (bicyclic) bond motifs is 1. The highest BCUT2D eigenvalue weighted by atomic mass is 32.2. The van der Waals surface area contributed by atoms with E-state index in [1.807, 2.05) is 13.0 Å². The molecule has 1 heterocycles. The molecule has 1 aromatic heterocycles. The number of hydrogen-bond donors (Lipinski definition) is 0. The average Bonchev–Trinajstić information content (AvgIpc) is 2.73. The predicted molar refractivity (Wildman–Crippen MR) is 66.2 cm³/mol. The highest BCUT2D eigenvalue weighted by Gasteiger charge is 2.17. The molecule has 0 saturated heterocycles. The van der Waals surface area contributed by atoms with E-state index in [1.54, 1.807) is 18.2 Å². The molecule has 0 radical (unpaired) electrons. The lowest BCUT2D eigenvalue weighted by Gasteiger charge is -2.03. The average molecular weight is 253 g/mol. The Kier molecular flexibility index (Phi) is 3.42. The van der Waals surface area contributed by atoms with E-state index in [1.165, 1.54) is 0 Å². The smallest absolute Gasteiger partial charge is 0.205 e. The topological polar surface area (TPSA) is 64.8 Å². The highest BCUT2D eigenvalue weighted by molar-refractivity contribution is 7.89. The van der Waals surface area contributed by atoms with Gasteiger partial charge in [-0.15, -0.1) is 9.19 Å². The fraction of sp³-hybridized carbons (Fsp3) is 0.455. The minimum atomic E-state index is -3.37. The van der Waals surface area contributed by atoms with Gasteiger partial charge in [0.1, 0.15) is 11.0 Å². The molecule has 6 heteroatoms. The van der Waals surface area contributed by atoms with Crippen molar-refractivity contribution in [2.75, 3.05) is 5.75 Å². The Labute approximate surface area is 100 Å². The standard InChI is InChI=1S/C11H15N3O2S/c1-2-3-6-9-17(15,16)14-11-8-5-4-7-10(11)12-13-14/h4-5,7-8H,2-3,6,9H2,1H3. The Hall–Kier alpha value is -1.43. The second kappa shape index (κ2) is 4.83. The first kappa shape index (κ1) is 12.0. The monoisotopic (exact) mass is 253 g/mol. The van der Waals surface area contributed by atoms with Gasteiger partial charge in [-0.2, -0.15) is 0 Å². The van der Waals surface area contributed by atoms with E-state index in [4.69, 9.17) is 0 Å². The first-order valence-electron chi connectivity index (χ1n) is 5.69. The van der Waals surface area contributed by atoms with Crippen LogP contribution in [-0.2, 0) is 10.0 Å². The second-order valence-corrected chi connectivity index (χ2v) is 5.86. The summed E-state index contributed by atoms with van der Waals surface area (Å²) in [6, 6.07) is 7.06. The molecule has 0 aliphatic rings. The quantitative estimate of drug-likeness (QED) is 0.762. The number of benzene rings is 1. The van der Waals surface area contributed by atoms with Crippen LogP contribution in [0.1, 0.15) is 26.2 Å². The summed E-state index contributed by atoms with van der Waals surface area (Å²) in [6.45, 7) is 2.04. The highest BCUT2D eigenvalue weighted by Crippen LogP contribution is 2.13. The number of hydrogen-bond acceptors (Lipinski definition) is 4. The summed E-state index contributed by atoms with van der Waals surface area (Å²) in [5.41, 5.74) is 1.15. The summed E-state index contributed by atoms with van der Waals surface area (Å²) in [5, 5.41) is 7.57. The molecule has 0 spiro atoms. The van der Waals surface area contributed by atoms with Crippen LogP contribution < -0.4 is 0 Å². The van der Waals surface area contributed by atoms with Gasteiger partial charge in [-0.05, 0) is 18.6 Å². The molecule has 0 fully saturated rings. The SMILES string of the molecule is CCCCCS(=O)(=O)n1nnc2ccccc21. The molecule has 92 valence electrons. The van der Waals surface area contributed by atoms with E-state index < -0.39 is 10.0 Å². The predicted octanol–water partition coefficient (Wildman–Crippen LogP) is 1.80. The lowest BCUT2D eigenvalue weighted by Crippen LogP contribution is -2.18. The van der Waals surface area contributed by atoms with Crippen LogP contribution in [0.2, 0.25) is 0 Å². The Bertz CT molecular complexity index is 604. The Morgan fingerprint density at radius 2 is 2.00 bits per heavy atom. The van der Waals surface area contributed by atoms with Gasteiger partial charge < -0.3 is 0 Å². The minimum absolute atomic E-state index is 0.119. The molecule has 17 heavy (non-hydrogen) atoms. The first-order valence-corrected chi connectivity index (χ1v) is 7.30. The molecule has 0 aliphatic carbocycles. The van der Waals surface area contributed by atoms with Crippen LogP contribution in [-0.4, -0.2) is 28.6 Å². The summed E-state index contributed by atoms with van der Waals surface area (Å²) >= 11 is 0.